The number of hydrogen-bond donors (Lipinski definition) is 0. The Morgan fingerprint density at radius 2 is 2.00 bits per heavy atom. The molecule has 3 heterocycles. The molecule has 2 aromatic rings. The van der Waals surface area contributed by atoms with Crippen LogP contribution in [0.15, 0.2) is 60.8 Å². The lowest BCUT2D eigenvalue weighted by molar-refractivity contribution is -0.648. The van der Waals surface area contributed by atoms with Crippen LogP contribution in [0.25, 0.3) is 0 Å². The number of hydrogen-bond acceptors (Lipinski definition) is 1. The smallest absolute Gasteiger partial charge is 0.216 e. The maximum absolute atomic E-state index is 2.62. The molecule has 1 aromatic carbocycles. The molecule has 5 aliphatic rings. The minimum Gasteiger partial charge on any atom is -0.299 e. The Morgan fingerprint density at radius 3 is 3.00 bits per heavy atom. The highest BCUT2D eigenvalue weighted by atomic mass is 15.3. The molecule has 0 spiro atoms. The molecule has 4 unspecified atom stereocenters. The van der Waals surface area contributed by atoms with Gasteiger partial charge in [0.2, 0.25) is 5.82 Å². The topological polar surface area (TPSA) is 7.12 Å². The third kappa shape index (κ3) is 1.47. The number of anilines is 2. The van der Waals surface area contributed by atoms with Gasteiger partial charge < -0.3 is 0 Å². The average Bonchev–Trinajstić information content (AvgIpc) is 3.29. The molecule has 0 bridgehead atoms. The Kier molecular flexibility index (Phi) is 2.43. The van der Waals surface area contributed by atoms with E-state index in [0.717, 1.165) is 11.8 Å². The van der Waals surface area contributed by atoms with Gasteiger partial charge in [0.05, 0.1) is 5.69 Å². The first-order valence-electron chi connectivity index (χ1n) is 10.1. The van der Waals surface area contributed by atoms with E-state index >= 15 is 0 Å². The summed E-state index contributed by atoms with van der Waals surface area (Å²) < 4.78 is 2.53. The van der Waals surface area contributed by atoms with Gasteiger partial charge in [-0.3, -0.25) is 9.47 Å². The van der Waals surface area contributed by atoms with Gasteiger partial charge in [0.15, 0.2) is 0 Å². The van der Waals surface area contributed by atoms with Gasteiger partial charge in [0.1, 0.15) is 6.04 Å². The van der Waals surface area contributed by atoms with Crippen LogP contribution in [-0.4, -0.2) is 6.04 Å². The van der Waals surface area contributed by atoms with E-state index in [0.29, 0.717) is 12.0 Å². The van der Waals surface area contributed by atoms with Crippen LogP contribution in [0.1, 0.15) is 41.9 Å². The molecule has 1 saturated carbocycles. The van der Waals surface area contributed by atoms with Crippen molar-refractivity contribution < 1.29 is 4.57 Å². The van der Waals surface area contributed by atoms with Crippen molar-refractivity contribution in [2.24, 2.45) is 11.8 Å². The maximum Gasteiger partial charge on any atom is 0.216 e. The zero-order valence-electron chi connectivity index (χ0n) is 14.8. The number of rotatable bonds is 0. The van der Waals surface area contributed by atoms with Crippen molar-refractivity contribution in [2.45, 2.75) is 37.6 Å². The normalized spacial score (nSPS) is 31.5. The summed E-state index contributed by atoms with van der Waals surface area (Å²) in [5.74, 6) is 3.41. The summed E-state index contributed by atoms with van der Waals surface area (Å²) in [6, 6.07) is 13.6. The molecule has 1 aromatic heterocycles. The van der Waals surface area contributed by atoms with Crippen molar-refractivity contribution in [3.63, 3.8) is 0 Å². The van der Waals surface area contributed by atoms with Crippen molar-refractivity contribution in [3.05, 3.63) is 83.6 Å². The number of nitrogens with zero attached hydrogens (tertiary/aromatic N) is 2. The minimum absolute atomic E-state index is 0.415. The number of aromatic nitrogens is 1. The van der Waals surface area contributed by atoms with Crippen LogP contribution in [-0.2, 0) is 6.42 Å². The molecule has 2 heteroatoms. The summed E-state index contributed by atoms with van der Waals surface area (Å²) in [6.07, 6.45) is 17.0. The minimum atomic E-state index is 0.415. The van der Waals surface area contributed by atoms with Crippen molar-refractivity contribution in [1.29, 1.82) is 0 Å². The SMILES string of the molecule is C1=CC2c3ccc4c5c3N(c3cccc[n+]3[C-]5C3CCCC3C4)C2C=C1. The first-order chi connectivity index (χ1) is 12.9. The number of benzene rings is 1. The lowest BCUT2D eigenvalue weighted by Crippen LogP contribution is -2.55. The molecule has 1 fully saturated rings. The summed E-state index contributed by atoms with van der Waals surface area (Å²) >= 11 is 0. The van der Waals surface area contributed by atoms with Gasteiger partial charge in [-0.2, -0.15) is 0 Å². The molecule has 7 rings (SSSR count). The van der Waals surface area contributed by atoms with Crippen molar-refractivity contribution in [2.75, 3.05) is 4.90 Å². The first-order valence-corrected chi connectivity index (χ1v) is 10.1. The van der Waals surface area contributed by atoms with E-state index in [1.807, 2.05) is 0 Å². The van der Waals surface area contributed by atoms with Crippen molar-refractivity contribution in [3.8, 4) is 0 Å². The summed E-state index contributed by atoms with van der Waals surface area (Å²) in [5.41, 5.74) is 6.20. The molecular formula is C24H22N2. The molecular weight excluding hydrogens is 316 g/mol. The summed E-state index contributed by atoms with van der Waals surface area (Å²) in [4.78, 5) is 2.62. The molecule has 3 aliphatic carbocycles. The molecule has 0 saturated heterocycles. The second-order valence-electron chi connectivity index (χ2n) is 8.51. The highest BCUT2D eigenvalue weighted by Gasteiger charge is 2.50. The number of allylic oxidation sites excluding steroid dienone is 2. The molecule has 2 nitrogen and oxygen atoms in total. The third-order valence-corrected chi connectivity index (χ3v) is 7.39. The highest BCUT2D eigenvalue weighted by Crippen LogP contribution is 2.57. The van der Waals surface area contributed by atoms with Gasteiger partial charge in [0, 0.05) is 18.2 Å². The number of fused-ring (bicyclic) bond motifs is 8. The lowest BCUT2D eigenvalue weighted by Gasteiger charge is -2.45. The Balaban J connectivity index is 1.58. The summed E-state index contributed by atoms with van der Waals surface area (Å²) in [7, 11) is 0. The van der Waals surface area contributed by atoms with E-state index in [2.05, 4.69) is 70.3 Å². The van der Waals surface area contributed by atoms with Gasteiger partial charge in [-0.15, -0.1) is 0 Å². The van der Waals surface area contributed by atoms with Crippen molar-refractivity contribution >= 4 is 11.5 Å². The maximum atomic E-state index is 2.62. The Hall–Kier alpha value is -2.48. The molecule has 0 amide bonds. The second-order valence-corrected chi connectivity index (χ2v) is 8.51. The molecule has 0 radical (unpaired) electrons. The van der Waals surface area contributed by atoms with Crippen LogP contribution in [0.4, 0.5) is 11.5 Å². The molecule has 4 atom stereocenters. The van der Waals surface area contributed by atoms with Crippen LogP contribution in [0.5, 0.6) is 0 Å². The fraction of sp³-hybridized carbons (Fsp3) is 0.333. The Bertz CT molecular complexity index is 1000. The predicted octanol–water partition coefficient (Wildman–Crippen LogP) is 4.42. The molecule has 26 heavy (non-hydrogen) atoms. The van der Waals surface area contributed by atoms with E-state index in [1.165, 1.54) is 42.8 Å². The Morgan fingerprint density at radius 1 is 1.04 bits per heavy atom. The van der Waals surface area contributed by atoms with E-state index in [1.54, 1.807) is 17.2 Å². The zero-order valence-corrected chi connectivity index (χ0v) is 14.8. The fourth-order valence-electron chi connectivity index (χ4n) is 6.42. The zero-order chi connectivity index (χ0) is 16.8. The highest BCUT2D eigenvalue weighted by molar-refractivity contribution is 5.80. The lowest BCUT2D eigenvalue weighted by atomic mass is 9.72. The van der Waals surface area contributed by atoms with Gasteiger partial charge in [-0.25, -0.2) is 0 Å². The van der Waals surface area contributed by atoms with E-state index in [4.69, 9.17) is 0 Å². The van der Waals surface area contributed by atoms with Crippen LogP contribution in [0.3, 0.4) is 0 Å². The molecule has 2 aliphatic heterocycles. The van der Waals surface area contributed by atoms with Crippen LogP contribution < -0.4 is 9.47 Å². The first kappa shape index (κ1) is 13.7. The van der Waals surface area contributed by atoms with Gasteiger partial charge in [0.25, 0.3) is 0 Å². The molecule has 128 valence electrons. The monoisotopic (exact) mass is 338 g/mol. The quantitative estimate of drug-likeness (QED) is 0.509. The van der Waals surface area contributed by atoms with Gasteiger partial charge >= 0.3 is 0 Å². The predicted molar refractivity (Wildman–Crippen MR) is 102 cm³/mol. The van der Waals surface area contributed by atoms with E-state index in [9.17, 15) is 0 Å². The van der Waals surface area contributed by atoms with Gasteiger partial charge in [-0.1, -0.05) is 67.3 Å². The van der Waals surface area contributed by atoms with E-state index in [-0.39, 0.29) is 0 Å². The van der Waals surface area contributed by atoms with E-state index < -0.39 is 0 Å². The van der Waals surface area contributed by atoms with Crippen LogP contribution >= 0.6 is 0 Å². The van der Waals surface area contributed by atoms with Crippen LogP contribution in [0, 0.1) is 17.9 Å². The summed E-state index contributed by atoms with van der Waals surface area (Å²) in [6.45, 7) is 0. The summed E-state index contributed by atoms with van der Waals surface area (Å²) in [5, 5.41) is 0. The third-order valence-electron chi connectivity index (χ3n) is 7.39. The average molecular weight is 338 g/mol. The van der Waals surface area contributed by atoms with Gasteiger partial charge in [-0.05, 0) is 41.5 Å². The van der Waals surface area contributed by atoms with Crippen LogP contribution in [0.2, 0.25) is 0 Å². The fourth-order valence-corrected chi connectivity index (χ4v) is 6.42. The number of pyridine rings is 1. The van der Waals surface area contributed by atoms with Crippen molar-refractivity contribution in [1.82, 2.24) is 0 Å². The molecule has 0 N–H and O–H groups in total. The Labute approximate surface area is 154 Å². The largest absolute Gasteiger partial charge is 0.299 e. The second kappa shape index (κ2) is 4.62. The standard InChI is InChI=1S/C24H22N2/c1-2-9-20-18(7-1)19-12-11-16-14-15-6-5-8-17(15)23-22(16)24(19)26(20)21-10-3-4-13-25(21)23/h1-4,7,9-13,15,17-18,20H,5-6,8,14H2.